The minimum atomic E-state index is -0.986. The van der Waals surface area contributed by atoms with Gasteiger partial charge in [-0.25, -0.2) is 9.18 Å². The van der Waals surface area contributed by atoms with Gasteiger partial charge in [0.05, 0.1) is 5.56 Å². The summed E-state index contributed by atoms with van der Waals surface area (Å²) in [4.78, 5) is 24.1. The van der Waals surface area contributed by atoms with Gasteiger partial charge in [-0.1, -0.05) is 12.1 Å². The average Bonchev–Trinajstić information content (AvgIpc) is 2.46. The summed E-state index contributed by atoms with van der Waals surface area (Å²) in [6.07, 6.45) is -0.986. The summed E-state index contributed by atoms with van der Waals surface area (Å²) >= 11 is 3.10. The summed E-state index contributed by atoms with van der Waals surface area (Å²) in [6, 6.07) is 10.9. The minimum Gasteiger partial charge on any atom is -0.449 e. The van der Waals surface area contributed by atoms with Gasteiger partial charge in [0.2, 0.25) is 0 Å². The Morgan fingerprint density at radius 2 is 1.96 bits per heavy atom. The first-order chi connectivity index (χ1) is 10.9. The largest absolute Gasteiger partial charge is 0.449 e. The quantitative estimate of drug-likeness (QED) is 0.814. The maximum absolute atomic E-state index is 13.0. The van der Waals surface area contributed by atoms with E-state index in [2.05, 4.69) is 21.2 Å². The molecular weight excluding hydrogens is 365 g/mol. The molecule has 0 radical (unpaired) electrons. The molecule has 0 saturated carbocycles. The van der Waals surface area contributed by atoms with E-state index in [1.54, 1.807) is 6.07 Å². The van der Waals surface area contributed by atoms with E-state index < -0.39 is 23.8 Å². The highest BCUT2D eigenvalue weighted by molar-refractivity contribution is 9.10. The molecular formula is C17H15BrFNO3. The highest BCUT2D eigenvalue weighted by Gasteiger charge is 2.20. The Morgan fingerprint density at radius 3 is 2.61 bits per heavy atom. The van der Waals surface area contributed by atoms with Crippen LogP contribution in [-0.2, 0) is 9.53 Å². The molecule has 2 rings (SSSR count). The standard InChI is InChI=1S/C17H15BrFNO3/c1-10-4-3-5-13(8-10)20-16(21)11(2)23-17(22)14-7-6-12(19)9-15(14)18/h3-9,11H,1-2H3,(H,20,21). The number of aryl methyl sites for hydroxylation is 1. The third-order valence-electron chi connectivity index (χ3n) is 3.09. The lowest BCUT2D eigenvalue weighted by Crippen LogP contribution is -2.30. The van der Waals surface area contributed by atoms with E-state index in [0.29, 0.717) is 5.69 Å². The number of amides is 1. The van der Waals surface area contributed by atoms with E-state index in [1.807, 2.05) is 25.1 Å². The molecule has 1 amide bonds. The second kappa shape index (κ2) is 7.37. The minimum absolute atomic E-state index is 0.154. The van der Waals surface area contributed by atoms with Crippen molar-refractivity contribution in [1.82, 2.24) is 0 Å². The van der Waals surface area contributed by atoms with Crippen molar-refractivity contribution in [2.24, 2.45) is 0 Å². The highest BCUT2D eigenvalue weighted by atomic mass is 79.9. The van der Waals surface area contributed by atoms with Gasteiger partial charge in [-0.3, -0.25) is 4.79 Å². The van der Waals surface area contributed by atoms with Gasteiger partial charge in [0.25, 0.3) is 5.91 Å². The number of benzene rings is 2. The fraction of sp³-hybridized carbons (Fsp3) is 0.176. The van der Waals surface area contributed by atoms with Gasteiger partial charge in [-0.15, -0.1) is 0 Å². The molecule has 1 unspecified atom stereocenters. The van der Waals surface area contributed by atoms with Crippen LogP contribution >= 0.6 is 15.9 Å². The first-order valence-electron chi connectivity index (χ1n) is 6.90. The zero-order valence-electron chi connectivity index (χ0n) is 12.6. The zero-order chi connectivity index (χ0) is 17.0. The second-order valence-electron chi connectivity index (χ2n) is 5.03. The van der Waals surface area contributed by atoms with Crippen molar-refractivity contribution < 1.29 is 18.7 Å². The van der Waals surface area contributed by atoms with Crippen LogP contribution < -0.4 is 5.32 Å². The predicted octanol–water partition coefficient (Wildman–Crippen LogP) is 4.08. The van der Waals surface area contributed by atoms with Crippen molar-refractivity contribution in [2.45, 2.75) is 20.0 Å². The molecule has 0 heterocycles. The summed E-state index contributed by atoms with van der Waals surface area (Å²) in [6.45, 7) is 3.38. The first kappa shape index (κ1) is 17.1. The van der Waals surface area contributed by atoms with Crippen LogP contribution in [0.4, 0.5) is 10.1 Å². The normalized spacial score (nSPS) is 11.7. The second-order valence-corrected chi connectivity index (χ2v) is 5.88. The van der Waals surface area contributed by atoms with Crippen molar-refractivity contribution in [3.8, 4) is 0 Å². The molecule has 0 aromatic heterocycles. The van der Waals surface area contributed by atoms with Crippen LogP contribution in [-0.4, -0.2) is 18.0 Å². The monoisotopic (exact) mass is 379 g/mol. The Kier molecular flexibility index (Phi) is 5.50. The molecule has 0 saturated heterocycles. The van der Waals surface area contributed by atoms with Crippen LogP contribution in [0, 0.1) is 12.7 Å². The Bertz CT molecular complexity index is 748. The Hall–Kier alpha value is -2.21. The Labute approximate surface area is 141 Å². The molecule has 2 aromatic carbocycles. The number of esters is 1. The van der Waals surface area contributed by atoms with Crippen LogP contribution in [0.1, 0.15) is 22.8 Å². The summed E-state index contributed by atoms with van der Waals surface area (Å²) in [5.74, 6) is -1.62. The number of nitrogens with one attached hydrogen (secondary N) is 1. The highest BCUT2D eigenvalue weighted by Crippen LogP contribution is 2.19. The van der Waals surface area contributed by atoms with E-state index in [9.17, 15) is 14.0 Å². The zero-order valence-corrected chi connectivity index (χ0v) is 14.2. The maximum atomic E-state index is 13.0. The van der Waals surface area contributed by atoms with Gasteiger partial charge in [0.1, 0.15) is 5.82 Å². The molecule has 0 spiro atoms. The molecule has 0 aliphatic carbocycles. The summed E-state index contributed by atoms with van der Waals surface area (Å²) in [5.41, 5.74) is 1.78. The smallest absolute Gasteiger partial charge is 0.340 e. The van der Waals surface area contributed by atoms with Gasteiger partial charge in [0, 0.05) is 10.2 Å². The SMILES string of the molecule is Cc1cccc(NC(=O)C(C)OC(=O)c2ccc(F)cc2Br)c1. The van der Waals surface area contributed by atoms with Crippen molar-refractivity contribution in [3.05, 3.63) is 63.9 Å². The molecule has 0 fully saturated rings. The molecule has 6 heteroatoms. The number of anilines is 1. The Balaban J connectivity index is 2.01. The molecule has 23 heavy (non-hydrogen) atoms. The van der Waals surface area contributed by atoms with Crippen molar-refractivity contribution in [2.75, 3.05) is 5.32 Å². The third-order valence-corrected chi connectivity index (χ3v) is 3.75. The fourth-order valence-electron chi connectivity index (χ4n) is 1.90. The van der Waals surface area contributed by atoms with Crippen LogP contribution in [0.2, 0.25) is 0 Å². The van der Waals surface area contributed by atoms with Gasteiger partial charge in [-0.05, 0) is 65.7 Å². The summed E-state index contributed by atoms with van der Waals surface area (Å²) in [5, 5.41) is 2.68. The molecule has 0 aliphatic heterocycles. The molecule has 2 aromatic rings. The molecule has 4 nitrogen and oxygen atoms in total. The fourth-order valence-corrected chi connectivity index (χ4v) is 2.41. The Morgan fingerprint density at radius 1 is 1.22 bits per heavy atom. The van der Waals surface area contributed by atoms with E-state index >= 15 is 0 Å². The van der Waals surface area contributed by atoms with Crippen LogP contribution in [0.15, 0.2) is 46.9 Å². The summed E-state index contributed by atoms with van der Waals surface area (Å²) < 4.78 is 18.4. The van der Waals surface area contributed by atoms with Crippen LogP contribution in [0.25, 0.3) is 0 Å². The van der Waals surface area contributed by atoms with E-state index in [1.165, 1.54) is 13.0 Å². The average molecular weight is 380 g/mol. The van der Waals surface area contributed by atoms with Crippen molar-refractivity contribution >= 4 is 33.5 Å². The molecule has 1 N–H and O–H groups in total. The van der Waals surface area contributed by atoms with E-state index in [0.717, 1.165) is 17.7 Å². The third kappa shape index (κ3) is 4.63. The van der Waals surface area contributed by atoms with Gasteiger partial charge in [-0.2, -0.15) is 0 Å². The number of rotatable bonds is 4. The first-order valence-corrected chi connectivity index (χ1v) is 7.69. The number of hydrogen-bond donors (Lipinski definition) is 1. The number of ether oxygens (including phenoxy) is 1. The van der Waals surface area contributed by atoms with Gasteiger partial charge in [0.15, 0.2) is 6.10 Å². The summed E-state index contributed by atoms with van der Waals surface area (Å²) in [7, 11) is 0. The topological polar surface area (TPSA) is 55.4 Å². The number of hydrogen-bond acceptors (Lipinski definition) is 3. The van der Waals surface area contributed by atoms with Crippen LogP contribution in [0.3, 0.4) is 0 Å². The van der Waals surface area contributed by atoms with Gasteiger partial charge >= 0.3 is 5.97 Å². The molecule has 0 aliphatic rings. The molecule has 0 bridgehead atoms. The van der Waals surface area contributed by atoms with Crippen molar-refractivity contribution in [1.29, 1.82) is 0 Å². The lowest BCUT2D eigenvalue weighted by molar-refractivity contribution is -0.123. The lowest BCUT2D eigenvalue weighted by atomic mass is 10.2. The number of carbonyl (C=O) groups is 2. The van der Waals surface area contributed by atoms with E-state index in [4.69, 9.17) is 4.74 Å². The van der Waals surface area contributed by atoms with Crippen LogP contribution in [0.5, 0.6) is 0 Å². The van der Waals surface area contributed by atoms with Gasteiger partial charge < -0.3 is 10.1 Å². The predicted molar refractivity (Wildman–Crippen MR) is 88.8 cm³/mol. The number of carbonyl (C=O) groups excluding carboxylic acids is 2. The van der Waals surface area contributed by atoms with Crippen molar-refractivity contribution in [3.63, 3.8) is 0 Å². The molecule has 120 valence electrons. The maximum Gasteiger partial charge on any atom is 0.340 e. The molecule has 1 atom stereocenters. The lowest BCUT2D eigenvalue weighted by Gasteiger charge is -2.14. The number of halogens is 2. The van der Waals surface area contributed by atoms with E-state index in [-0.39, 0.29) is 10.0 Å².